The van der Waals surface area contributed by atoms with Gasteiger partial charge in [-0.1, -0.05) is 18.2 Å². The van der Waals surface area contributed by atoms with Gasteiger partial charge in [0, 0.05) is 35.0 Å². The first-order chi connectivity index (χ1) is 14.9. The predicted octanol–water partition coefficient (Wildman–Crippen LogP) is 3.91. The third kappa shape index (κ3) is 4.20. The molecule has 1 aliphatic heterocycles. The largest absolute Gasteiger partial charge is 0.481 e. The summed E-state index contributed by atoms with van der Waals surface area (Å²) >= 11 is 0. The lowest BCUT2D eigenvalue weighted by molar-refractivity contribution is -0.384. The van der Waals surface area contributed by atoms with Crippen molar-refractivity contribution < 1.29 is 23.6 Å². The maximum Gasteiger partial charge on any atom is 0.269 e. The molecule has 0 aromatic heterocycles. The van der Waals surface area contributed by atoms with Gasteiger partial charge in [0.15, 0.2) is 6.61 Å². The van der Waals surface area contributed by atoms with Crippen LogP contribution in [-0.4, -0.2) is 23.3 Å². The first-order valence-corrected chi connectivity index (χ1v) is 9.29. The number of rotatable bonds is 5. The number of nitro groups is 1. The third-order valence-corrected chi connectivity index (χ3v) is 4.79. The second kappa shape index (κ2) is 8.23. The molecule has 1 heterocycles. The minimum absolute atomic E-state index is 0.0520. The molecule has 4 rings (SSSR count). The van der Waals surface area contributed by atoms with Crippen molar-refractivity contribution >= 4 is 28.9 Å². The van der Waals surface area contributed by atoms with E-state index in [1.54, 1.807) is 36.4 Å². The molecule has 0 saturated heterocycles. The molecule has 3 aromatic carbocycles. The Balaban J connectivity index is 1.54. The van der Waals surface area contributed by atoms with E-state index >= 15 is 0 Å². The topological polar surface area (TPSA) is 102 Å². The van der Waals surface area contributed by atoms with E-state index < -0.39 is 16.6 Å². The van der Waals surface area contributed by atoms with E-state index in [2.05, 4.69) is 5.32 Å². The van der Waals surface area contributed by atoms with E-state index in [4.69, 9.17) is 4.74 Å². The lowest BCUT2D eigenvalue weighted by Gasteiger charge is -2.30. The summed E-state index contributed by atoms with van der Waals surface area (Å²) < 4.78 is 19.5. The number of hydrogen-bond donors (Lipinski definition) is 1. The van der Waals surface area contributed by atoms with Crippen LogP contribution in [-0.2, 0) is 11.3 Å². The van der Waals surface area contributed by atoms with Crippen molar-refractivity contribution in [2.45, 2.75) is 6.54 Å². The molecule has 156 valence electrons. The van der Waals surface area contributed by atoms with Crippen LogP contribution in [0.1, 0.15) is 15.9 Å². The Morgan fingerprint density at radius 2 is 1.87 bits per heavy atom. The van der Waals surface area contributed by atoms with E-state index in [0.717, 1.165) is 0 Å². The number of nitrogens with zero attached hydrogens (tertiary/aromatic N) is 2. The number of hydrogen-bond acceptors (Lipinski definition) is 5. The van der Waals surface area contributed by atoms with Crippen LogP contribution in [0.15, 0.2) is 66.7 Å². The Kier molecular flexibility index (Phi) is 5.31. The highest BCUT2D eigenvalue weighted by molar-refractivity contribution is 6.05. The normalized spacial score (nSPS) is 12.7. The summed E-state index contributed by atoms with van der Waals surface area (Å²) in [6.45, 7) is -0.155. The summed E-state index contributed by atoms with van der Waals surface area (Å²) in [6.07, 6.45) is 0. The first-order valence-electron chi connectivity index (χ1n) is 9.29. The maximum atomic E-state index is 14.0. The summed E-state index contributed by atoms with van der Waals surface area (Å²) in [5.74, 6) is -0.795. The van der Waals surface area contributed by atoms with Crippen molar-refractivity contribution in [3.63, 3.8) is 0 Å². The van der Waals surface area contributed by atoms with Crippen molar-refractivity contribution in [1.82, 2.24) is 0 Å². The van der Waals surface area contributed by atoms with E-state index in [1.807, 2.05) is 0 Å². The van der Waals surface area contributed by atoms with Gasteiger partial charge in [-0.3, -0.25) is 19.7 Å². The van der Waals surface area contributed by atoms with Gasteiger partial charge in [-0.2, -0.15) is 0 Å². The van der Waals surface area contributed by atoms with Gasteiger partial charge < -0.3 is 15.0 Å². The highest BCUT2D eigenvalue weighted by Crippen LogP contribution is 2.35. The van der Waals surface area contributed by atoms with Gasteiger partial charge in [-0.15, -0.1) is 0 Å². The average Bonchev–Trinajstić information content (AvgIpc) is 2.77. The minimum Gasteiger partial charge on any atom is -0.481 e. The molecule has 0 aliphatic carbocycles. The molecule has 0 radical (unpaired) electrons. The Morgan fingerprint density at radius 3 is 2.58 bits per heavy atom. The molecule has 2 amide bonds. The quantitative estimate of drug-likeness (QED) is 0.497. The van der Waals surface area contributed by atoms with Crippen LogP contribution >= 0.6 is 0 Å². The molecular formula is C22H16FN3O5. The number of anilines is 2. The molecule has 0 saturated carbocycles. The van der Waals surface area contributed by atoms with Crippen molar-refractivity contribution in [3.8, 4) is 5.75 Å². The number of nitro benzene ring substituents is 1. The van der Waals surface area contributed by atoms with Gasteiger partial charge in [0.2, 0.25) is 0 Å². The number of carbonyl (C=O) groups is 2. The molecule has 1 aliphatic rings. The minimum atomic E-state index is -0.545. The molecule has 0 bridgehead atoms. The van der Waals surface area contributed by atoms with Crippen molar-refractivity contribution in [2.75, 3.05) is 16.8 Å². The fraction of sp³-hybridized carbons (Fsp3) is 0.0909. The third-order valence-electron chi connectivity index (χ3n) is 4.79. The molecule has 8 nitrogen and oxygen atoms in total. The number of carbonyl (C=O) groups excluding carboxylic acids is 2. The smallest absolute Gasteiger partial charge is 0.269 e. The number of nitrogens with one attached hydrogen (secondary N) is 1. The molecule has 0 unspecified atom stereocenters. The Hall–Kier alpha value is -4.27. The van der Waals surface area contributed by atoms with E-state index in [-0.39, 0.29) is 30.3 Å². The number of non-ortho nitro benzene ring substituents is 1. The Labute approximate surface area is 176 Å². The van der Waals surface area contributed by atoms with Crippen LogP contribution < -0.4 is 15.0 Å². The molecule has 31 heavy (non-hydrogen) atoms. The summed E-state index contributed by atoms with van der Waals surface area (Å²) in [5, 5.41) is 13.4. The monoisotopic (exact) mass is 421 g/mol. The summed E-state index contributed by atoms with van der Waals surface area (Å²) in [6, 6.07) is 16.2. The summed E-state index contributed by atoms with van der Waals surface area (Å²) in [7, 11) is 0. The zero-order valence-corrected chi connectivity index (χ0v) is 16.1. The Morgan fingerprint density at radius 1 is 1.13 bits per heavy atom. The molecule has 1 N–H and O–H groups in total. The molecule has 3 aromatic rings. The fourth-order valence-electron chi connectivity index (χ4n) is 3.19. The second-order valence-electron chi connectivity index (χ2n) is 6.80. The number of amides is 2. The van der Waals surface area contributed by atoms with Gasteiger partial charge in [-0.25, -0.2) is 4.39 Å². The second-order valence-corrected chi connectivity index (χ2v) is 6.80. The summed E-state index contributed by atoms with van der Waals surface area (Å²) in [5.41, 5.74) is 1.40. The standard InChI is InChI=1S/C22H16FN3O5/c23-18-4-2-1-3-15(18)12-25-19-10-7-16(11-20(19)31-13-21(25)27)24-22(28)14-5-8-17(9-6-14)26(29)30/h1-11H,12-13H2,(H,24,28). The van der Waals surface area contributed by atoms with Crippen LogP contribution in [0.3, 0.4) is 0 Å². The van der Waals surface area contributed by atoms with Crippen LogP contribution in [0.4, 0.5) is 21.5 Å². The van der Waals surface area contributed by atoms with Crippen molar-refractivity contribution in [3.05, 3.63) is 93.8 Å². The van der Waals surface area contributed by atoms with Crippen molar-refractivity contribution in [2.24, 2.45) is 0 Å². The zero-order valence-electron chi connectivity index (χ0n) is 16.1. The van der Waals surface area contributed by atoms with Gasteiger partial charge in [0.05, 0.1) is 17.2 Å². The van der Waals surface area contributed by atoms with Gasteiger partial charge in [-0.05, 0) is 30.3 Å². The Bertz CT molecular complexity index is 1180. The molecular weight excluding hydrogens is 405 g/mol. The maximum absolute atomic E-state index is 14.0. The molecule has 9 heteroatoms. The first kappa shape index (κ1) is 20.0. The molecule has 0 spiro atoms. The van der Waals surface area contributed by atoms with Gasteiger partial charge in [0.25, 0.3) is 17.5 Å². The lowest BCUT2D eigenvalue weighted by atomic mass is 10.1. The van der Waals surface area contributed by atoms with Crippen LogP contribution in [0, 0.1) is 15.9 Å². The number of fused-ring (bicyclic) bond motifs is 1. The van der Waals surface area contributed by atoms with Crippen LogP contribution in [0.2, 0.25) is 0 Å². The lowest BCUT2D eigenvalue weighted by Crippen LogP contribution is -2.38. The SMILES string of the molecule is O=C(Nc1ccc2c(c1)OCC(=O)N2Cc1ccccc1F)c1ccc([N+](=O)[O-])cc1. The fourth-order valence-corrected chi connectivity index (χ4v) is 3.19. The molecule has 0 fully saturated rings. The van der Waals surface area contributed by atoms with Crippen LogP contribution in [0.5, 0.6) is 5.75 Å². The van der Waals surface area contributed by atoms with Gasteiger partial charge >= 0.3 is 0 Å². The van der Waals surface area contributed by atoms with E-state index in [9.17, 15) is 24.1 Å². The zero-order chi connectivity index (χ0) is 22.0. The van der Waals surface area contributed by atoms with E-state index in [1.165, 1.54) is 35.2 Å². The summed E-state index contributed by atoms with van der Waals surface area (Å²) in [4.78, 5) is 36.4. The number of ether oxygens (including phenoxy) is 1. The number of halogens is 1. The molecule has 0 atom stereocenters. The van der Waals surface area contributed by atoms with Gasteiger partial charge in [0.1, 0.15) is 11.6 Å². The van der Waals surface area contributed by atoms with E-state index in [0.29, 0.717) is 22.7 Å². The van der Waals surface area contributed by atoms with Crippen LogP contribution in [0.25, 0.3) is 0 Å². The predicted molar refractivity (Wildman–Crippen MR) is 111 cm³/mol. The van der Waals surface area contributed by atoms with Crippen molar-refractivity contribution in [1.29, 1.82) is 0 Å². The number of benzene rings is 3. The average molecular weight is 421 g/mol. The highest BCUT2D eigenvalue weighted by atomic mass is 19.1. The highest BCUT2D eigenvalue weighted by Gasteiger charge is 2.27.